The van der Waals surface area contributed by atoms with Gasteiger partial charge in [-0.15, -0.1) is 5.10 Å². The number of anilines is 1. The second-order valence-electron chi connectivity index (χ2n) is 7.00. The Kier molecular flexibility index (Phi) is 7.12. The number of aromatic nitrogens is 3. The summed E-state index contributed by atoms with van der Waals surface area (Å²) < 4.78 is 12.0. The predicted octanol–water partition coefficient (Wildman–Crippen LogP) is 5.59. The van der Waals surface area contributed by atoms with Crippen molar-refractivity contribution in [2.24, 2.45) is 0 Å². The molecule has 33 heavy (non-hydrogen) atoms. The first-order valence-electron chi connectivity index (χ1n) is 10.0. The molecule has 9 heteroatoms. The normalized spacial score (nSPS) is 10.6. The van der Waals surface area contributed by atoms with Crippen molar-refractivity contribution in [3.8, 4) is 22.9 Å². The van der Waals surface area contributed by atoms with Crippen LogP contribution < -0.4 is 14.8 Å². The van der Waals surface area contributed by atoms with Gasteiger partial charge in [0.15, 0.2) is 12.4 Å². The van der Waals surface area contributed by atoms with Crippen LogP contribution in [0.4, 0.5) is 5.95 Å². The van der Waals surface area contributed by atoms with Crippen molar-refractivity contribution < 1.29 is 14.3 Å². The Hall–Kier alpha value is -3.55. The molecule has 0 unspecified atom stereocenters. The van der Waals surface area contributed by atoms with Crippen molar-refractivity contribution in [2.75, 3.05) is 19.0 Å². The molecule has 0 aliphatic rings. The van der Waals surface area contributed by atoms with Gasteiger partial charge in [0, 0.05) is 17.1 Å². The van der Waals surface area contributed by atoms with E-state index in [1.54, 1.807) is 37.4 Å². The van der Waals surface area contributed by atoms with Crippen molar-refractivity contribution >= 4 is 35.1 Å². The van der Waals surface area contributed by atoms with Crippen LogP contribution in [0.15, 0.2) is 72.8 Å². The van der Waals surface area contributed by atoms with Gasteiger partial charge < -0.3 is 14.8 Å². The minimum atomic E-state index is -0.413. The van der Waals surface area contributed by atoms with Crippen molar-refractivity contribution in [1.29, 1.82) is 0 Å². The maximum Gasteiger partial charge on any atom is 0.287 e. The van der Waals surface area contributed by atoms with Gasteiger partial charge in [0.2, 0.25) is 5.95 Å². The van der Waals surface area contributed by atoms with Crippen LogP contribution in [0.3, 0.4) is 0 Å². The molecular formula is C24H20Cl2N4O3. The summed E-state index contributed by atoms with van der Waals surface area (Å²) in [4.78, 5) is 17.5. The van der Waals surface area contributed by atoms with Crippen LogP contribution in [0, 0.1) is 0 Å². The van der Waals surface area contributed by atoms with E-state index in [-0.39, 0.29) is 6.61 Å². The van der Waals surface area contributed by atoms with Crippen molar-refractivity contribution in [3.05, 3.63) is 88.4 Å². The van der Waals surface area contributed by atoms with Crippen LogP contribution in [0.2, 0.25) is 10.0 Å². The van der Waals surface area contributed by atoms with E-state index in [4.69, 9.17) is 32.7 Å². The average Bonchev–Trinajstić information content (AvgIpc) is 3.27. The van der Waals surface area contributed by atoms with Crippen LogP contribution in [0.5, 0.6) is 11.5 Å². The molecule has 1 N–H and O–H groups in total. The number of carbonyl (C=O) groups is 1. The summed E-state index contributed by atoms with van der Waals surface area (Å²) >= 11 is 12.1. The van der Waals surface area contributed by atoms with Gasteiger partial charge in [0.05, 0.1) is 12.1 Å². The number of nitrogens with one attached hydrogen (secondary N) is 1. The van der Waals surface area contributed by atoms with Gasteiger partial charge in [-0.1, -0.05) is 53.5 Å². The van der Waals surface area contributed by atoms with E-state index in [2.05, 4.69) is 15.4 Å². The smallest absolute Gasteiger partial charge is 0.287 e. The number of methoxy groups -OCH3 is 1. The Balaban J connectivity index is 1.57. The lowest BCUT2D eigenvalue weighted by Crippen LogP contribution is -2.22. The van der Waals surface area contributed by atoms with Crippen molar-refractivity contribution in [2.45, 2.75) is 6.54 Å². The zero-order chi connectivity index (χ0) is 23.2. The molecule has 4 rings (SSSR count). The summed E-state index contributed by atoms with van der Waals surface area (Å²) in [6.07, 6.45) is 0. The monoisotopic (exact) mass is 482 g/mol. The molecule has 168 valence electrons. The molecule has 1 heterocycles. The van der Waals surface area contributed by atoms with E-state index in [0.717, 1.165) is 11.1 Å². The summed E-state index contributed by atoms with van der Waals surface area (Å²) in [6, 6.07) is 21.8. The van der Waals surface area contributed by atoms with E-state index in [1.807, 2.05) is 42.5 Å². The third kappa shape index (κ3) is 5.63. The summed E-state index contributed by atoms with van der Waals surface area (Å²) in [6.45, 7) is 0.186. The zero-order valence-corrected chi connectivity index (χ0v) is 19.2. The van der Waals surface area contributed by atoms with Gasteiger partial charge >= 0.3 is 0 Å². The molecule has 3 aromatic carbocycles. The SMILES string of the molecule is COc1ccc(-c2nc(NCc3ccccc3)n(C(=O)COc3ccc(Cl)cc3Cl)n2)cc1. The number of ether oxygens (including phenoxy) is 2. The summed E-state index contributed by atoms with van der Waals surface area (Å²) in [5.41, 5.74) is 1.78. The number of halogens is 2. The average molecular weight is 483 g/mol. The largest absolute Gasteiger partial charge is 0.497 e. The van der Waals surface area contributed by atoms with Gasteiger partial charge in [-0.2, -0.15) is 9.67 Å². The fourth-order valence-electron chi connectivity index (χ4n) is 3.03. The van der Waals surface area contributed by atoms with Crippen LogP contribution in [-0.4, -0.2) is 34.4 Å². The Morgan fingerprint density at radius 1 is 1.03 bits per heavy atom. The first-order chi connectivity index (χ1) is 16.0. The van der Waals surface area contributed by atoms with Gasteiger partial charge in [0.1, 0.15) is 11.5 Å². The Morgan fingerprint density at radius 3 is 2.48 bits per heavy atom. The number of carbonyl (C=O) groups excluding carboxylic acids is 1. The second-order valence-corrected chi connectivity index (χ2v) is 7.84. The number of benzene rings is 3. The summed E-state index contributed by atoms with van der Waals surface area (Å²) in [5, 5.41) is 8.39. The summed E-state index contributed by atoms with van der Waals surface area (Å²) in [7, 11) is 1.60. The Labute approximate surface area is 200 Å². The van der Waals surface area contributed by atoms with Crippen LogP contribution in [0.1, 0.15) is 10.4 Å². The molecule has 0 atom stereocenters. The lowest BCUT2D eigenvalue weighted by atomic mass is 10.2. The first-order valence-corrected chi connectivity index (χ1v) is 10.8. The zero-order valence-electron chi connectivity index (χ0n) is 17.7. The van der Waals surface area contributed by atoms with E-state index in [0.29, 0.717) is 39.9 Å². The van der Waals surface area contributed by atoms with Gasteiger partial charge in [0.25, 0.3) is 5.91 Å². The molecule has 0 fully saturated rings. The third-order valence-electron chi connectivity index (χ3n) is 4.73. The Bertz CT molecular complexity index is 1240. The third-order valence-corrected chi connectivity index (χ3v) is 5.26. The molecule has 0 bridgehead atoms. The molecular weight excluding hydrogens is 463 g/mol. The first kappa shape index (κ1) is 22.6. The highest BCUT2D eigenvalue weighted by Crippen LogP contribution is 2.27. The molecule has 0 radical (unpaired) electrons. The lowest BCUT2D eigenvalue weighted by Gasteiger charge is -2.09. The number of hydrogen-bond acceptors (Lipinski definition) is 6. The highest BCUT2D eigenvalue weighted by Gasteiger charge is 2.18. The Morgan fingerprint density at radius 2 is 1.79 bits per heavy atom. The standard InChI is InChI=1S/C24H20Cl2N4O3/c1-32-19-10-7-17(8-11-19)23-28-24(27-14-16-5-3-2-4-6-16)30(29-23)22(31)15-33-21-12-9-18(25)13-20(21)26/h2-13H,14-15H2,1H3,(H,27,28,29). The number of hydrogen-bond donors (Lipinski definition) is 1. The highest BCUT2D eigenvalue weighted by molar-refractivity contribution is 6.35. The second kappa shape index (κ2) is 10.4. The van der Waals surface area contributed by atoms with E-state index >= 15 is 0 Å². The summed E-state index contributed by atoms with van der Waals surface area (Å²) in [5.74, 6) is 1.35. The molecule has 0 saturated heterocycles. The predicted molar refractivity (Wildman–Crippen MR) is 128 cm³/mol. The molecule has 0 aliphatic heterocycles. The van der Waals surface area contributed by atoms with E-state index < -0.39 is 5.91 Å². The van der Waals surface area contributed by atoms with E-state index in [1.165, 1.54) is 4.68 Å². The topological polar surface area (TPSA) is 78.3 Å². The van der Waals surface area contributed by atoms with Crippen molar-refractivity contribution in [1.82, 2.24) is 14.8 Å². The maximum absolute atomic E-state index is 13.0. The van der Waals surface area contributed by atoms with Crippen LogP contribution in [-0.2, 0) is 6.54 Å². The molecule has 0 spiro atoms. The molecule has 0 aliphatic carbocycles. The molecule has 4 aromatic rings. The maximum atomic E-state index is 13.0. The minimum absolute atomic E-state index is 0.285. The fourth-order valence-corrected chi connectivity index (χ4v) is 3.50. The molecule has 0 amide bonds. The van der Waals surface area contributed by atoms with Crippen molar-refractivity contribution in [3.63, 3.8) is 0 Å². The fraction of sp³-hybridized carbons (Fsp3) is 0.125. The number of nitrogens with zero attached hydrogens (tertiary/aromatic N) is 3. The van der Waals surface area contributed by atoms with Crippen LogP contribution >= 0.6 is 23.2 Å². The minimum Gasteiger partial charge on any atom is -0.497 e. The molecule has 7 nitrogen and oxygen atoms in total. The van der Waals surface area contributed by atoms with Gasteiger partial charge in [-0.25, -0.2) is 0 Å². The lowest BCUT2D eigenvalue weighted by molar-refractivity contribution is 0.0824. The van der Waals surface area contributed by atoms with E-state index in [9.17, 15) is 4.79 Å². The highest BCUT2D eigenvalue weighted by atomic mass is 35.5. The number of rotatable bonds is 8. The molecule has 1 aromatic heterocycles. The van der Waals surface area contributed by atoms with Gasteiger partial charge in [-0.05, 0) is 48.0 Å². The van der Waals surface area contributed by atoms with Crippen LogP contribution in [0.25, 0.3) is 11.4 Å². The quantitative estimate of drug-likeness (QED) is 0.352. The van der Waals surface area contributed by atoms with Gasteiger partial charge in [-0.3, -0.25) is 4.79 Å². The molecule has 0 saturated carbocycles.